The number of phosphoric ester groups is 2. The van der Waals surface area contributed by atoms with E-state index >= 15 is 0 Å². The highest BCUT2D eigenvalue weighted by atomic mass is 31.2. The summed E-state index contributed by atoms with van der Waals surface area (Å²) in [4.78, 5) is 72.4. The Morgan fingerprint density at radius 1 is 0.307 bits per heavy atom. The van der Waals surface area contributed by atoms with Gasteiger partial charge in [-0.1, -0.05) is 292 Å². The highest BCUT2D eigenvalue weighted by molar-refractivity contribution is 7.47. The predicted molar refractivity (Wildman–Crippen MR) is 354 cm³/mol. The molecule has 88 heavy (non-hydrogen) atoms. The van der Waals surface area contributed by atoms with Crippen LogP contribution in [0.25, 0.3) is 0 Å². The molecule has 0 saturated heterocycles. The normalized spacial score (nSPS) is 14.2. The summed E-state index contributed by atoms with van der Waals surface area (Å²) in [5.74, 6) is -0.0542. The number of hydrogen-bond donors (Lipinski definition) is 3. The minimum atomic E-state index is -4.95. The van der Waals surface area contributed by atoms with Crippen LogP contribution >= 0.6 is 15.6 Å². The van der Waals surface area contributed by atoms with E-state index in [1.54, 1.807) is 0 Å². The molecule has 0 aliphatic heterocycles. The quantitative estimate of drug-likeness (QED) is 0.0222. The molecule has 2 unspecified atom stereocenters. The fourth-order valence-corrected chi connectivity index (χ4v) is 11.9. The number of rotatable bonds is 67. The van der Waals surface area contributed by atoms with Gasteiger partial charge in [0.05, 0.1) is 26.4 Å². The Kier molecular flexibility index (Phi) is 58.7. The Morgan fingerprint density at radius 3 is 0.773 bits per heavy atom. The molecule has 0 rings (SSSR count). The van der Waals surface area contributed by atoms with Crippen LogP contribution in [0, 0.1) is 17.8 Å². The lowest BCUT2D eigenvalue weighted by Crippen LogP contribution is -2.30. The first-order chi connectivity index (χ1) is 42.2. The maximum Gasteiger partial charge on any atom is 0.472 e. The van der Waals surface area contributed by atoms with Gasteiger partial charge in [0, 0.05) is 25.7 Å². The second-order valence-corrected chi connectivity index (χ2v) is 29.3. The zero-order valence-electron chi connectivity index (χ0n) is 57.2. The second kappa shape index (κ2) is 60.0. The molecule has 17 nitrogen and oxygen atoms in total. The van der Waals surface area contributed by atoms with E-state index in [9.17, 15) is 43.2 Å². The number of hydrogen-bond acceptors (Lipinski definition) is 15. The number of carbonyl (C=O) groups excluding carboxylic acids is 4. The van der Waals surface area contributed by atoms with Gasteiger partial charge < -0.3 is 33.8 Å². The third-order valence-corrected chi connectivity index (χ3v) is 17.8. The molecule has 0 heterocycles. The lowest BCUT2D eigenvalue weighted by molar-refractivity contribution is -0.161. The van der Waals surface area contributed by atoms with Gasteiger partial charge in [-0.3, -0.25) is 37.3 Å². The summed E-state index contributed by atoms with van der Waals surface area (Å²) < 4.78 is 68.1. The van der Waals surface area contributed by atoms with E-state index in [4.69, 9.17) is 37.0 Å². The first kappa shape index (κ1) is 86.1. The molecule has 19 heteroatoms. The molecular weight excluding hydrogens is 1160 g/mol. The van der Waals surface area contributed by atoms with Crippen LogP contribution in [0.4, 0.5) is 0 Å². The van der Waals surface area contributed by atoms with E-state index in [0.29, 0.717) is 43.4 Å². The zero-order chi connectivity index (χ0) is 65.2. The zero-order valence-corrected chi connectivity index (χ0v) is 59.0. The number of phosphoric acid groups is 2. The number of aliphatic hydroxyl groups is 1. The average Bonchev–Trinajstić information content (AvgIpc) is 3.69. The van der Waals surface area contributed by atoms with E-state index in [1.165, 1.54) is 141 Å². The van der Waals surface area contributed by atoms with Gasteiger partial charge >= 0.3 is 39.5 Å². The van der Waals surface area contributed by atoms with Crippen molar-refractivity contribution in [2.24, 2.45) is 17.8 Å². The van der Waals surface area contributed by atoms with Crippen LogP contribution in [0.5, 0.6) is 0 Å². The first-order valence-corrected chi connectivity index (χ1v) is 38.8. The third kappa shape index (κ3) is 62.8. The van der Waals surface area contributed by atoms with Crippen LogP contribution in [0.2, 0.25) is 0 Å². The van der Waals surface area contributed by atoms with E-state index < -0.39 is 97.5 Å². The molecule has 0 radical (unpaired) electrons. The van der Waals surface area contributed by atoms with Gasteiger partial charge in [-0.05, 0) is 43.4 Å². The van der Waals surface area contributed by atoms with Crippen molar-refractivity contribution >= 4 is 39.5 Å². The molecule has 5 atom stereocenters. The topological polar surface area (TPSA) is 237 Å². The van der Waals surface area contributed by atoms with Gasteiger partial charge in [0.25, 0.3) is 0 Å². The number of unbranched alkanes of at least 4 members (excludes halogenated alkanes) is 35. The van der Waals surface area contributed by atoms with Crippen molar-refractivity contribution in [2.75, 3.05) is 39.6 Å². The van der Waals surface area contributed by atoms with Gasteiger partial charge in [-0.15, -0.1) is 0 Å². The summed E-state index contributed by atoms with van der Waals surface area (Å²) in [6.45, 7) is 11.6. The smallest absolute Gasteiger partial charge is 0.462 e. The minimum absolute atomic E-state index is 0.102. The number of ether oxygens (including phenoxy) is 4. The summed E-state index contributed by atoms with van der Waals surface area (Å²) >= 11 is 0. The van der Waals surface area contributed by atoms with E-state index in [-0.39, 0.29) is 25.7 Å². The fraction of sp³-hybridized carbons (Fsp3) is 0.942. The standard InChI is InChI=1S/C69H134O17P2/c1-8-9-10-11-12-13-14-15-16-17-18-19-20-21-22-23-28-38-45-52-68(73)85-64(56-79-66(71)50-43-36-29-24-26-33-40-47-60(2)3)58-83-87(75,76)81-54-63(70)55-82-88(77,78)84-59-65(57-80-67(72)51-44-37-32-31-35-42-49-62(6)7)86-69(74)53-46-39-30-25-27-34-41-48-61(4)5/h60-65,70H,8-59H2,1-7H3,(H,75,76)(H,77,78)/t63-,64-,65-/m1/s1. The Morgan fingerprint density at radius 2 is 0.523 bits per heavy atom. The minimum Gasteiger partial charge on any atom is -0.462 e. The van der Waals surface area contributed by atoms with Gasteiger partial charge in [0.15, 0.2) is 12.2 Å². The van der Waals surface area contributed by atoms with Crippen LogP contribution in [-0.2, 0) is 65.4 Å². The molecule has 0 saturated carbocycles. The highest BCUT2D eigenvalue weighted by Gasteiger charge is 2.30. The van der Waals surface area contributed by atoms with Crippen LogP contribution in [0.3, 0.4) is 0 Å². The average molecular weight is 1300 g/mol. The Bertz CT molecular complexity index is 1730. The van der Waals surface area contributed by atoms with Crippen molar-refractivity contribution in [3.05, 3.63) is 0 Å². The van der Waals surface area contributed by atoms with Crippen LogP contribution in [-0.4, -0.2) is 96.7 Å². The van der Waals surface area contributed by atoms with E-state index in [0.717, 1.165) is 103 Å². The Hall–Kier alpha value is -1.94. The number of carbonyl (C=O) groups is 4. The molecule has 0 aromatic heterocycles. The molecule has 0 bridgehead atoms. The molecule has 0 fully saturated rings. The van der Waals surface area contributed by atoms with Crippen molar-refractivity contribution < 1.29 is 80.2 Å². The monoisotopic (exact) mass is 1300 g/mol. The molecule has 0 aliphatic rings. The summed E-state index contributed by atoms with van der Waals surface area (Å²) in [6, 6.07) is 0. The molecule has 0 amide bonds. The van der Waals surface area contributed by atoms with Crippen LogP contribution < -0.4 is 0 Å². The number of esters is 4. The molecule has 3 N–H and O–H groups in total. The molecule has 0 spiro atoms. The van der Waals surface area contributed by atoms with Crippen molar-refractivity contribution in [3.8, 4) is 0 Å². The summed E-state index contributed by atoms with van der Waals surface area (Å²) in [6.07, 6.45) is 43.6. The SMILES string of the molecule is CCCCCCCCCCCCCCCCCCCCCC(=O)O[C@H](COC(=O)CCCCCCCCCC(C)C)COP(=O)(O)OC[C@@H](O)COP(=O)(O)OC[C@@H](COC(=O)CCCCCCCCC(C)C)OC(=O)CCCCCCCCCC(C)C. The maximum absolute atomic E-state index is 13.0. The molecule has 0 aromatic rings. The van der Waals surface area contributed by atoms with Crippen molar-refractivity contribution in [1.82, 2.24) is 0 Å². The fourth-order valence-electron chi connectivity index (χ4n) is 10.4. The highest BCUT2D eigenvalue weighted by Crippen LogP contribution is 2.45. The number of aliphatic hydroxyl groups excluding tert-OH is 1. The Balaban J connectivity index is 5.18. The second-order valence-electron chi connectivity index (χ2n) is 26.3. The molecular formula is C69H134O17P2. The van der Waals surface area contributed by atoms with Crippen molar-refractivity contribution in [2.45, 2.75) is 362 Å². The molecule has 0 aromatic carbocycles. The van der Waals surface area contributed by atoms with Gasteiger partial charge in [0.1, 0.15) is 19.3 Å². The Labute approximate surface area is 537 Å². The summed E-state index contributed by atoms with van der Waals surface area (Å²) in [5.41, 5.74) is 0. The predicted octanol–water partition coefficient (Wildman–Crippen LogP) is 19.5. The van der Waals surface area contributed by atoms with Crippen molar-refractivity contribution in [3.63, 3.8) is 0 Å². The largest absolute Gasteiger partial charge is 0.472 e. The van der Waals surface area contributed by atoms with Crippen LogP contribution in [0.15, 0.2) is 0 Å². The summed E-state index contributed by atoms with van der Waals surface area (Å²) in [7, 11) is -9.90. The molecule has 0 aliphatic carbocycles. The lowest BCUT2D eigenvalue weighted by atomic mass is 10.0. The molecule has 522 valence electrons. The van der Waals surface area contributed by atoms with Crippen molar-refractivity contribution in [1.29, 1.82) is 0 Å². The van der Waals surface area contributed by atoms with Gasteiger partial charge in [-0.2, -0.15) is 0 Å². The van der Waals surface area contributed by atoms with Crippen LogP contribution in [0.1, 0.15) is 344 Å². The van der Waals surface area contributed by atoms with E-state index in [2.05, 4.69) is 48.5 Å². The maximum atomic E-state index is 13.0. The third-order valence-electron chi connectivity index (χ3n) is 15.9. The van der Waals surface area contributed by atoms with Gasteiger partial charge in [0.2, 0.25) is 0 Å². The van der Waals surface area contributed by atoms with E-state index in [1.807, 2.05) is 0 Å². The lowest BCUT2D eigenvalue weighted by Gasteiger charge is -2.21. The summed E-state index contributed by atoms with van der Waals surface area (Å²) in [5, 5.41) is 10.6. The first-order valence-electron chi connectivity index (χ1n) is 35.8. The van der Waals surface area contributed by atoms with Gasteiger partial charge in [-0.25, -0.2) is 9.13 Å².